The van der Waals surface area contributed by atoms with E-state index in [0.717, 1.165) is 12.8 Å². The number of halogens is 4. The largest absolute Gasteiger partial charge is 0.444 e. The van der Waals surface area contributed by atoms with E-state index in [1.807, 2.05) is 0 Å². The first-order valence-electron chi connectivity index (χ1n) is 8.93. The van der Waals surface area contributed by atoms with E-state index in [9.17, 15) is 26.4 Å². The van der Waals surface area contributed by atoms with E-state index in [4.69, 9.17) is 16.3 Å². The first-order chi connectivity index (χ1) is 13.2. The lowest BCUT2D eigenvalue weighted by Crippen LogP contribution is -2.50. The van der Waals surface area contributed by atoms with Crippen molar-refractivity contribution in [2.75, 3.05) is 13.1 Å². The second-order valence-electron chi connectivity index (χ2n) is 7.69. The van der Waals surface area contributed by atoms with E-state index in [0.29, 0.717) is 25.2 Å². The van der Waals surface area contributed by atoms with Crippen molar-refractivity contribution >= 4 is 27.7 Å². The van der Waals surface area contributed by atoms with Gasteiger partial charge < -0.3 is 9.64 Å². The zero-order valence-electron chi connectivity index (χ0n) is 16.2. The SMILES string of the molecule is CC(C)(C)OC(=O)N1CCCCC1CNS(=O)(=O)c1cc(C(F)(F)F)cnc1Cl. The zero-order valence-corrected chi connectivity index (χ0v) is 17.8. The van der Waals surface area contributed by atoms with Gasteiger partial charge in [-0.1, -0.05) is 11.6 Å². The van der Waals surface area contributed by atoms with Crippen molar-refractivity contribution in [1.82, 2.24) is 14.6 Å². The average Bonchev–Trinajstić information content (AvgIpc) is 2.58. The van der Waals surface area contributed by atoms with Gasteiger partial charge in [0.05, 0.1) is 5.56 Å². The first kappa shape index (κ1) is 23.7. The molecular weight excluding hydrogens is 435 g/mol. The summed E-state index contributed by atoms with van der Waals surface area (Å²) in [6.45, 7) is 5.36. The maximum Gasteiger partial charge on any atom is 0.417 e. The van der Waals surface area contributed by atoms with Gasteiger partial charge in [-0.3, -0.25) is 0 Å². The zero-order chi connectivity index (χ0) is 22.0. The van der Waals surface area contributed by atoms with Crippen LogP contribution in [0.2, 0.25) is 5.15 Å². The number of amides is 1. The molecule has 7 nitrogen and oxygen atoms in total. The van der Waals surface area contributed by atoms with Gasteiger partial charge in [0.15, 0.2) is 0 Å². The molecule has 1 aromatic heterocycles. The van der Waals surface area contributed by atoms with Crippen LogP contribution in [0.1, 0.15) is 45.6 Å². The van der Waals surface area contributed by atoms with Crippen molar-refractivity contribution in [2.45, 2.75) is 62.7 Å². The predicted octanol–water partition coefficient (Wildman–Crippen LogP) is 3.82. The number of aromatic nitrogens is 1. The molecule has 1 fully saturated rings. The lowest BCUT2D eigenvalue weighted by molar-refractivity contribution is -0.138. The highest BCUT2D eigenvalue weighted by atomic mass is 35.5. The third-order valence-corrected chi connectivity index (χ3v) is 6.04. The Morgan fingerprint density at radius 1 is 1.34 bits per heavy atom. The Kier molecular flexibility index (Phi) is 7.06. The molecule has 2 rings (SSSR count). The highest BCUT2D eigenvalue weighted by Crippen LogP contribution is 2.32. The number of likely N-dealkylation sites (tertiary alicyclic amines) is 1. The van der Waals surface area contributed by atoms with E-state index in [-0.39, 0.29) is 6.54 Å². The summed E-state index contributed by atoms with van der Waals surface area (Å²) in [5, 5.41) is -0.571. The number of rotatable bonds is 4. The maximum absolute atomic E-state index is 12.9. The Morgan fingerprint density at radius 2 is 2.00 bits per heavy atom. The minimum atomic E-state index is -4.77. The van der Waals surface area contributed by atoms with Gasteiger partial charge in [-0.2, -0.15) is 13.2 Å². The van der Waals surface area contributed by atoms with Gasteiger partial charge in [0.2, 0.25) is 10.0 Å². The molecule has 0 aromatic carbocycles. The quantitative estimate of drug-likeness (QED) is 0.694. The number of hydrogen-bond acceptors (Lipinski definition) is 5. The van der Waals surface area contributed by atoms with Gasteiger partial charge in [0, 0.05) is 25.3 Å². The van der Waals surface area contributed by atoms with Crippen LogP contribution in [0.5, 0.6) is 0 Å². The van der Waals surface area contributed by atoms with E-state index < -0.39 is 49.5 Å². The fourth-order valence-corrected chi connectivity index (χ4v) is 4.36. The monoisotopic (exact) mass is 457 g/mol. The fraction of sp³-hybridized carbons (Fsp3) is 0.647. The number of carbonyl (C=O) groups excluding carboxylic acids is 1. The van der Waals surface area contributed by atoms with Crippen LogP contribution in [-0.4, -0.2) is 49.1 Å². The number of piperidine rings is 1. The normalized spacial score (nSPS) is 18.6. The van der Waals surface area contributed by atoms with Crippen LogP contribution in [0.4, 0.5) is 18.0 Å². The molecule has 0 saturated carbocycles. The molecule has 2 heterocycles. The molecule has 1 saturated heterocycles. The molecule has 1 N–H and O–H groups in total. The van der Waals surface area contributed by atoms with E-state index >= 15 is 0 Å². The summed E-state index contributed by atoms with van der Waals surface area (Å²) in [7, 11) is -4.38. The molecule has 0 aliphatic carbocycles. The number of nitrogens with one attached hydrogen (secondary N) is 1. The Morgan fingerprint density at radius 3 is 2.59 bits per heavy atom. The van der Waals surface area contributed by atoms with Gasteiger partial charge in [-0.15, -0.1) is 0 Å². The molecule has 1 unspecified atom stereocenters. The number of pyridine rings is 1. The third-order valence-electron chi connectivity index (χ3n) is 4.19. The molecule has 1 aliphatic rings. The highest BCUT2D eigenvalue weighted by Gasteiger charge is 2.35. The van der Waals surface area contributed by atoms with E-state index in [1.54, 1.807) is 20.8 Å². The molecule has 1 amide bonds. The maximum atomic E-state index is 12.9. The van der Waals surface area contributed by atoms with Crippen molar-refractivity contribution in [1.29, 1.82) is 0 Å². The standard InChI is InChI=1S/C17H23ClF3N3O4S/c1-16(2,3)28-15(25)24-7-5-4-6-12(24)10-23-29(26,27)13-8-11(17(19,20)21)9-22-14(13)18/h8-9,12,23H,4-7,10H2,1-3H3. The Labute approximate surface area is 172 Å². The second kappa shape index (κ2) is 8.65. The predicted molar refractivity (Wildman–Crippen MR) is 100 cm³/mol. The molecule has 1 aromatic rings. The summed E-state index contributed by atoms with van der Waals surface area (Å²) < 4.78 is 71.3. The van der Waals surface area contributed by atoms with Gasteiger partial charge >= 0.3 is 12.3 Å². The van der Waals surface area contributed by atoms with Crippen LogP contribution in [0.15, 0.2) is 17.2 Å². The fourth-order valence-electron chi connectivity index (χ4n) is 2.83. The Balaban J connectivity index is 2.17. The summed E-state index contributed by atoms with van der Waals surface area (Å²) in [5.41, 5.74) is -1.94. The van der Waals surface area contributed by atoms with Crippen LogP contribution in [0, 0.1) is 0 Å². The molecule has 164 valence electrons. The number of sulfonamides is 1. The van der Waals surface area contributed by atoms with Crippen LogP contribution < -0.4 is 4.72 Å². The second-order valence-corrected chi connectivity index (χ2v) is 9.78. The smallest absolute Gasteiger partial charge is 0.417 e. The van der Waals surface area contributed by atoms with Gasteiger partial charge in [0.1, 0.15) is 15.6 Å². The Hall–Kier alpha value is -1.59. The van der Waals surface area contributed by atoms with Crippen LogP contribution in [-0.2, 0) is 20.9 Å². The average molecular weight is 458 g/mol. The highest BCUT2D eigenvalue weighted by molar-refractivity contribution is 7.89. The third kappa shape index (κ3) is 6.45. The number of hydrogen-bond donors (Lipinski definition) is 1. The number of carbonyl (C=O) groups is 1. The summed E-state index contributed by atoms with van der Waals surface area (Å²) in [5.74, 6) is 0. The minimum absolute atomic E-state index is 0.186. The molecule has 0 radical (unpaired) electrons. The van der Waals surface area contributed by atoms with Crippen LogP contribution in [0.25, 0.3) is 0 Å². The number of alkyl halides is 3. The lowest BCUT2D eigenvalue weighted by Gasteiger charge is -2.36. The van der Waals surface area contributed by atoms with Crippen LogP contribution in [0.3, 0.4) is 0 Å². The minimum Gasteiger partial charge on any atom is -0.444 e. The topological polar surface area (TPSA) is 88.6 Å². The molecule has 1 aliphatic heterocycles. The molecule has 12 heteroatoms. The van der Waals surface area contributed by atoms with Gasteiger partial charge in [0.25, 0.3) is 0 Å². The van der Waals surface area contributed by atoms with E-state index in [1.165, 1.54) is 4.90 Å². The molecular formula is C17H23ClF3N3O4S. The summed E-state index contributed by atoms with van der Waals surface area (Å²) in [4.78, 5) is 16.4. The summed E-state index contributed by atoms with van der Waals surface area (Å²) >= 11 is 5.72. The van der Waals surface area contributed by atoms with Crippen molar-refractivity contribution in [3.63, 3.8) is 0 Å². The van der Waals surface area contributed by atoms with Crippen molar-refractivity contribution in [3.05, 3.63) is 23.0 Å². The van der Waals surface area contributed by atoms with Gasteiger partial charge in [-0.05, 0) is 46.1 Å². The van der Waals surface area contributed by atoms with Gasteiger partial charge in [-0.25, -0.2) is 22.9 Å². The Bertz CT molecular complexity index is 856. The summed E-state index contributed by atoms with van der Waals surface area (Å²) in [6, 6.07) is -0.0598. The molecule has 0 bridgehead atoms. The molecule has 0 spiro atoms. The molecule has 1 atom stereocenters. The van der Waals surface area contributed by atoms with E-state index in [2.05, 4.69) is 9.71 Å². The van der Waals surface area contributed by atoms with Crippen LogP contribution >= 0.6 is 11.6 Å². The number of nitrogens with zero attached hydrogens (tertiary/aromatic N) is 2. The first-order valence-corrected chi connectivity index (χ1v) is 10.8. The molecule has 29 heavy (non-hydrogen) atoms. The number of ether oxygens (including phenoxy) is 1. The van der Waals surface area contributed by atoms with Crippen molar-refractivity contribution in [2.24, 2.45) is 0 Å². The van der Waals surface area contributed by atoms with Crippen molar-refractivity contribution in [3.8, 4) is 0 Å². The summed E-state index contributed by atoms with van der Waals surface area (Å²) in [6.07, 6.45) is -2.83. The van der Waals surface area contributed by atoms with Crippen molar-refractivity contribution < 1.29 is 31.1 Å². The lowest BCUT2D eigenvalue weighted by atomic mass is 10.0.